The quantitative estimate of drug-likeness (QED) is 0.424. The van der Waals surface area contributed by atoms with Crippen LogP contribution in [0.3, 0.4) is 0 Å². The first-order valence-electron chi connectivity index (χ1n) is 8.42. The van der Waals surface area contributed by atoms with Gasteiger partial charge in [-0.2, -0.15) is 2.95 Å². The summed E-state index contributed by atoms with van der Waals surface area (Å²) in [7, 11) is 3.73. The van der Waals surface area contributed by atoms with Gasteiger partial charge in [-0.25, -0.2) is 0 Å². The molecule has 0 amide bonds. The monoisotopic (exact) mass is 652 g/mol. The SMILES string of the molecule is BrN(Br)C1CCCCC1.COc1ccc(Cn2ccn(C)[c]2=[Pt])cc1. The zero-order chi connectivity index (χ0) is 18.2. The van der Waals surface area contributed by atoms with E-state index in [4.69, 9.17) is 4.74 Å². The Hall–Kier alpha value is -0.162. The van der Waals surface area contributed by atoms with Crippen molar-refractivity contribution >= 4 is 32.3 Å². The number of aromatic nitrogens is 2. The first-order valence-corrected chi connectivity index (χ1v) is 11.0. The molecule has 1 heterocycles. The van der Waals surface area contributed by atoms with Gasteiger partial charge in [0.1, 0.15) is 0 Å². The molecule has 7 heteroatoms. The van der Waals surface area contributed by atoms with Crippen molar-refractivity contribution in [1.82, 2.24) is 12.1 Å². The number of hydrogen-bond donors (Lipinski definition) is 0. The van der Waals surface area contributed by atoms with Crippen LogP contribution in [0, 0.1) is 3.80 Å². The Morgan fingerprint density at radius 1 is 1.12 bits per heavy atom. The van der Waals surface area contributed by atoms with E-state index in [1.54, 1.807) is 7.11 Å². The second kappa shape index (κ2) is 10.9. The fourth-order valence-corrected chi connectivity index (χ4v) is 4.15. The molecule has 0 aliphatic heterocycles. The van der Waals surface area contributed by atoms with Crippen LogP contribution in [0.15, 0.2) is 36.7 Å². The average Bonchev–Trinajstić information content (AvgIpc) is 2.96. The Labute approximate surface area is 178 Å². The van der Waals surface area contributed by atoms with E-state index in [1.165, 1.54) is 41.5 Å². The number of halogens is 2. The fourth-order valence-electron chi connectivity index (χ4n) is 2.81. The summed E-state index contributed by atoms with van der Waals surface area (Å²) < 4.78 is 12.7. The fraction of sp³-hybridized carbons (Fsp3) is 0.500. The minimum atomic E-state index is 0.721. The molecule has 0 unspecified atom stereocenters. The van der Waals surface area contributed by atoms with Gasteiger partial charge < -0.3 is 0 Å². The van der Waals surface area contributed by atoms with Crippen LogP contribution in [0.5, 0.6) is 5.75 Å². The van der Waals surface area contributed by atoms with Gasteiger partial charge in [-0.15, -0.1) is 0 Å². The number of hydrogen-bond acceptors (Lipinski definition) is 2. The van der Waals surface area contributed by atoms with E-state index < -0.39 is 0 Å². The molecule has 0 spiro atoms. The van der Waals surface area contributed by atoms with E-state index in [0.717, 1.165) is 18.3 Å². The molecule has 0 atom stereocenters. The van der Waals surface area contributed by atoms with Crippen molar-refractivity contribution in [2.45, 2.75) is 44.7 Å². The zero-order valence-corrected chi connectivity index (χ0v) is 20.1. The summed E-state index contributed by atoms with van der Waals surface area (Å²) in [4.78, 5) is 0. The van der Waals surface area contributed by atoms with Crippen molar-refractivity contribution in [3.63, 3.8) is 0 Å². The van der Waals surface area contributed by atoms with Crippen LogP contribution < -0.4 is 4.74 Å². The van der Waals surface area contributed by atoms with Gasteiger partial charge in [0.05, 0.1) is 0 Å². The summed E-state index contributed by atoms with van der Waals surface area (Å²) in [5.74, 6) is 0.900. The molecular formula is C18H25Br2N3OPt. The molecule has 3 rings (SSSR count). The van der Waals surface area contributed by atoms with Gasteiger partial charge in [-0.05, 0) is 12.8 Å². The Morgan fingerprint density at radius 3 is 2.20 bits per heavy atom. The van der Waals surface area contributed by atoms with Crippen LogP contribution in [0.1, 0.15) is 37.7 Å². The molecule has 1 aliphatic rings. The molecule has 4 nitrogen and oxygen atoms in total. The normalized spacial score (nSPS) is 15.0. The average molecular weight is 654 g/mol. The second-order valence-electron chi connectivity index (χ2n) is 6.18. The van der Waals surface area contributed by atoms with Crippen molar-refractivity contribution in [1.29, 1.82) is 0 Å². The molecule has 25 heavy (non-hydrogen) atoms. The summed E-state index contributed by atoms with van der Waals surface area (Å²) >= 11 is 9.10. The Kier molecular flexibility index (Phi) is 9.18. The molecule has 1 saturated carbocycles. The molecule has 1 aromatic heterocycles. The van der Waals surface area contributed by atoms with E-state index in [0.29, 0.717) is 0 Å². The molecule has 1 fully saturated rings. The Bertz CT molecular complexity index is 691. The van der Waals surface area contributed by atoms with Crippen molar-refractivity contribution in [2.24, 2.45) is 7.05 Å². The number of nitrogens with zero attached hydrogens (tertiary/aromatic N) is 3. The summed E-state index contributed by atoms with van der Waals surface area (Å²) in [6.45, 7) is 0.893. The molecule has 1 aliphatic carbocycles. The van der Waals surface area contributed by atoms with Gasteiger partial charge >= 0.3 is 106 Å². The Balaban J connectivity index is 0.000000212. The molecule has 0 radical (unpaired) electrons. The number of methoxy groups -OCH3 is 1. The van der Waals surface area contributed by atoms with Gasteiger partial charge in [-0.1, -0.05) is 19.3 Å². The predicted molar refractivity (Wildman–Crippen MR) is 105 cm³/mol. The van der Waals surface area contributed by atoms with Gasteiger partial charge in [-0.3, -0.25) is 0 Å². The van der Waals surface area contributed by atoms with E-state index >= 15 is 0 Å². The first kappa shape index (κ1) is 21.1. The van der Waals surface area contributed by atoms with Crippen LogP contribution in [0.25, 0.3) is 0 Å². The van der Waals surface area contributed by atoms with Crippen LogP contribution in [-0.2, 0) is 32.9 Å². The number of imidazole rings is 1. The van der Waals surface area contributed by atoms with Crippen LogP contribution in [0.2, 0.25) is 0 Å². The minimum absolute atomic E-state index is 0.721. The molecule has 142 valence electrons. The third-order valence-electron chi connectivity index (χ3n) is 4.32. The summed E-state index contributed by atoms with van der Waals surface area (Å²) in [5.41, 5.74) is 1.27. The molecule has 1 aromatic carbocycles. The van der Waals surface area contributed by atoms with E-state index in [1.807, 2.05) is 22.1 Å². The Morgan fingerprint density at radius 2 is 1.76 bits per heavy atom. The van der Waals surface area contributed by atoms with E-state index in [-0.39, 0.29) is 0 Å². The van der Waals surface area contributed by atoms with E-state index in [2.05, 4.69) is 85.3 Å². The summed E-state index contributed by atoms with van der Waals surface area (Å²) in [6.07, 6.45) is 11.0. The predicted octanol–water partition coefficient (Wildman–Crippen LogP) is 5.20. The second-order valence-corrected chi connectivity index (χ2v) is 9.67. The number of benzene rings is 1. The summed E-state index contributed by atoms with van der Waals surface area (Å²) in [5, 5.41) is 0. The van der Waals surface area contributed by atoms with Crippen molar-refractivity contribution in [3.8, 4) is 5.75 Å². The third-order valence-corrected chi connectivity index (χ3v) is 6.93. The van der Waals surface area contributed by atoms with Gasteiger partial charge in [0.15, 0.2) is 0 Å². The number of rotatable bonds is 4. The van der Waals surface area contributed by atoms with Crippen LogP contribution in [0.4, 0.5) is 0 Å². The first-order chi connectivity index (χ1) is 12.0. The maximum atomic E-state index is 5.13. The van der Waals surface area contributed by atoms with Crippen molar-refractivity contribution < 1.29 is 24.1 Å². The molecule has 0 N–H and O–H groups in total. The van der Waals surface area contributed by atoms with Gasteiger partial charge in [0, 0.05) is 38.3 Å². The number of ether oxygens (including phenoxy) is 1. The maximum absolute atomic E-state index is 5.13. The van der Waals surface area contributed by atoms with Crippen molar-refractivity contribution in [2.75, 3.05) is 7.11 Å². The van der Waals surface area contributed by atoms with Gasteiger partial charge in [0.2, 0.25) is 0 Å². The van der Waals surface area contributed by atoms with Crippen LogP contribution >= 0.6 is 32.3 Å². The topological polar surface area (TPSA) is 22.3 Å². The molecule has 2 aromatic rings. The van der Waals surface area contributed by atoms with Crippen molar-refractivity contribution in [3.05, 3.63) is 46.0 Å². The van der Waals surface area contributed by atoms with Crippen LogP contribution in [-0.4, -0.2) is 25.2 Å². The number of aryl methyl sites for hydroxylation is 1. The third kappa shape index (κ3) is 6.82. The van der Waals surface area contributed by atoms with E-state index in [9.17, 15) is 0 Å². The standard InChI is InChI=1S/C12H14N2O.C6H11Br2N.Pt/c1-13-7-8-14(10-13)9-11-3-5-12(15-2)6-4-11;7-9(8)6-4-2-1-3-5-6;/h3-8H,9H2,1-2H3;6H,1-5H2;. The molecular weight excluding hydrogens is 629 g/mol. The summed E-state index contributed by atoms with van der Waals surface area (Å²) in [6, 6.07) is 8.89. The molecule has 0 bridgehead atoms. The molecule has 0 saturated heterocycles. The van der Waals surface area contributed by atoms with Gasteiger partial charge in [0.25, 0.3) is 0 Å². The zero-order valence-electron chi connectivity index (χ0n) is 14.6.